The lowest BCUT2D eigenvalue weighted by Gasteiger charge is -1.85. The normalized spacial score (nSPS) is 9.70. The maximum absolute atomic E-state index is 10.2. The van der Waals surface area contributed by atoms with E-state index in [9.17, 15) is 4.79 Å². The van der Waals surface area contributed by atoms with E-state index < -0.39 is 5.97 Å². The van der Waals surface area contributed by atoms with E-state index in [-0.39, 0.29) is 18.1 Å². The van der Waals surface area contributed by atoms with E-state index in [4.69, 9.17) is 10.2 Å². The highest BCUT2D eigenvalue weighted by atomic mass is 16.6. The Morgan fingerprint density at radius 3 is 2.60 bits per heavy atom. The number of carboxylic acids is 1. The van der Waals surface area contributed by atoms with Crippen molar-refractivity contribution >= 4 is 5.97 Å². The summed E-state index contributed by atoms with van der Waals surface area (Å²) in [5.74, 6) is -1.01. The van der Waals surface area contributed by atoms with Gasteiger partial charge in [-0.05, 0) is 12.1 Å². The van der Waals surface area contributed by atoms with Gasteiger partial charge in [-0.25, -0.2) is 4.79 Å². The highest BCUT2D eigenvalue weighted by Crippen LogP contribution is 2.06. The van der Waals surface area contributed by atoms with Crippen LogP contribution in [0.1, 0.15) is 16.3 Å². The molecule has 4 nitrogen and oxygen atoms in total. The van der Waals surface area contributed by atoms with Gasteiger partial charge in [0.05, 0.1) is 0 Å². The monoisotopic (exact) mass is 148 g/mol. The smallest absolute Gasteiger partial charge is 0.371 e. The van der Waals surface area contributed by atoms with Crippen LogP contribution in [0.3, 0.4) is 0 Å². The van der Waals surface area contributed by atoms with Crippen molar-refractivity contribution in [3.05, 3.63) is 23.7 Å². The first-order valence-electron chi connectivity index (χ1n) is 2.67. The summed E-state index contributed by atoms with van der Waals surface area (Å²) in [5, 5.41) is 16.8. The van der Waals surface area contributed by atoms with Gasteiger partial charge < -0.3 is 14.6 Å². The van der Waals surface area contributed by atoms with Crippen molar-refractivity contribution in [3.63, 3.8) is 0 Å². The molecule has 1 aromatic heterocycles. The summed E-state index contributed by atoms with van der Waals surface area (Å²) in [6, 6.07) is 2.72. The molecule has 0 aromatic carbocycles. The summed E-state index contributed by atoms with van der Waals surface area (Å²) in [6.45, 7) is -0.271. The standard InChI is InChI=1S/C6H6O4/c7-3-4-1-2-5(10-4)6(8)9/h1-2,7H,3H2,(H,8,9)/i1+1,2+1,3+1,4+1,5+1,6+1. The van der Waals surface area contributed by atoms with Gasteiger partial charge in [0.15, 0.2) is 0 Å². The van der Waals surface area contributed by atoms with E-state index in [0.717, 1.165) is 0 Å². The largest absolute Gasteiger partial charge is 0.475 e. The second-order valence-electron chi connectivity index (χ2n) is 1.73. The lowest BCUT2D eigenvalue weighted by Crippen LogP contribution is -1.91. The second kappa shape index (κ2) is 2.53. The maximum Gasteiger partial charge on any atom is 0.371 e. The SMILES string of the molecule is O=[13C](O)[13c]1[13cH][13cH][13c]([13CH2]O)o1. The fraction of sp³-hybridized carbons (Fsp3) is 0.167. The number of aliphatic hydroxyl groups excluding tert-OH is 1. The van der Waals surface area contributed by atoms with Crippen LogP contribution in [0, 0.1) is 0 Å². The molecule has 4 heteroatoms. The predicted octanol–water partition coefficient (Wildman–Crippen LogP) is 0.470. The molecule has 0 bridgehead atoms. The van der Waals surface area contributed by atoms with E-state index in [1.807, 2.05) is 0 Å². The summed E-state index contributed by atoms with van der Waals surface area (Å²) >= 11 is 0. The molecule has 0 atom stereocenters. The summed E-state index contributed by atoms with van der Waals surface area (Å²) in [7, 11) is 0. The van der Waals surface area contributed by atoms with Crippen LogP contribution in [0.4, 0.5) is 0 Å². The van der Waals surface area contributed by atoms with Gasteiger partial charge >= 0.3 is 5.97 Å². The average Bonchev–Trinajstić information content (AvgIpc) is 2.34. The predicted molar refractivity (Wildman–Crippen MR) is 31.6 cm³/mol. The van der Waals surface area contributed by atoms with Crippen LogP contribution in [0.15, 0.2) is 16.5 Å². The highest BCUT2D eigenvalue weighted by Gasteiger charge is 2.06. The minimum Gasteiger partial charge on any atom is -0.475 e. The van der Waals surface area contributed by atoms with E-state index in [0.29, 0.717) is 0 Å². The van der Waals surface area contributed by atoms with Crippen LogP contribution in [0.5, 0.6) is 0 Å². The van der Waals surface area contributed by atoms with Gasteiger partial charge in [0.1, 0.15) is 12.4 Å². The molecular weight excluding hydrogens is 142 g/mol. The molecule has 0 unspecified atom stereocenters. The van der Waals surface area contributed by atoms with Gasteiger partial charge in [0.2, 0.25) is 5.76 Å². The third kappa shape index (κ3) is 1.16. The molecule has 1 rings (SSSR count). The number of hydrogen-bond acceptors (Lipinski definition) is 3. The second-order valence-corrected chi connectivity index (χ2v) is 1.73. The summed E-state index contributed by atoms with van der Waals surface area (Å²) in [6.07, 6.45) is 0. The van der Waals surface area contributed by atoms with E-state index in [1.54, 1.807) is 0 Å². The van der Waals surface area contributed by atoms with E-state index in [1.165, 1.54) is 12.1 Å². The first-order chi connectivity index (χ1) is 4.74. The third-order valence-corrected chi connectivity index (χ3v) is 1.03. The van der Waals surface area contributed by atoms with Crippen LogP contribution in [-0.2, 0) is 6.61 Å². The third-order valence-electron chi connectivity index (χ3n) is 1.03. The highest BCUT2D eigenvalue weighted by molar-refractivity contribution is 5.84. The Balaban J connectivity index is 2.88. The van der Waals surface area contributed by atoms with Crippen molar-refractivity contribution in [2.45, 2.75) is 6.61 Å². The molecule has 1 heterocycles. The number of aliphatic hydroxyl groups is 1. The molecular formula is C6H6O4. The molecule has 2 N–H and O–H groups in total. The van der Waals surface area contributed by atoms with Gasteiger partial charge in [-0.2, -0.15) is 0 Å². The Labute approximate surface area is 56.7 Å². The lowest BCUT2D eigenvalue weighted by atomic mass is 11.4. The minimum atomic E-state index is -1.13. The Morgan fingerprint density at radius 2 is 2.30 bits per heavy atom. The summed E-state index contributed by atoms with van der Waals surface area (Å²) in [4.78, 5) is 10.2. The summed E-state index contributed by atoms with van der Waals surface area (Å²) < 4.78 is 4.64. The first kappa shape index (κ1) is 6.82. The number of carboxylic acid groups (broad SMARTS) is 1. The van der Waals surface area contributed by atoms with Gasteiger partial charge in [0.25, 0.3) is 0 Å². The van der Waals surface area contributed by atoms with Gasteiger partial charge in [-0.15, -0.1) is 0 Å². The number of hydrogen-bond donors (Lipinski definition) is 2. The molecule has 0 fully saturated rings. The average molecular weight is 148 g/mol. The summed E-state index contributed by atoms with van der Waals surface area (Å²) in [5.41, 5.74) is 0. The molecule has 0 saturated carbocycles. The van der Waals surface area contributed by atoms with Crippen LogP contribution in [-0.4, -0.2) is 16.2 Å². The molecule has 0 aliphatic carbocycles. The fourth-order valence-electron chi connectivity index (χ4n) is 0.578. The molecule has 54 valence electrons. The lowest BCUT2D eigenvalue weighted by molar-refractivity contribution is 0.0657. The van der Waals surface area contributed by atoms with Crippen molar-refractivity contribution in [1.29, 1.82) is 0 Å². The Hall–Kier alpha value is -1.29. The van der Waals surface area contributed by atoms with E-state index >= 15 is 0 Å². The van der Waals surface area contributed by atoms with Crippen LogP contribution < -0.4 is 0 Å². The number of furan rings is 1. The van der Waals surface area contributed by atoms with Gasteiger partial charge in [0, 0.05) is 0 Å². The van der Waals surface area contributed by atoms with Crippen molar-refractivity contribution in [2.24, 2.45) is 0 Å². The topological polar surface area (TPSA) is 70.7 Å². The fourth-order valence-corrected chi connectivity index (χ4v) is 0.578. The zero-order valence-corrected chi connectivity index (χ0v) is 5.07. The van der Waals surface area contributed by atoms with Crippen LogP contribution in [0.2, 0.25) is 0 Å². The minimum absolute atomic E-state index is 0.149. The molecule has 0 amide bonds. The maximum atomic E-state index is 10.2. The first-order valence-corrected chi connectivity index (χ1v) is 2.67. The van der Waals surface area contributed by atoms with Crippen LogP contribution in [0.25, 0.3) is 0 Å². The Kier molecular flexibility index (Phi) is 1.73. The van der Waals surface area contributed by atoms with Crippen molar-refractivity contribution in [3.8, 4) is 0 Å². The Morgan fingerprint density at radius 1 is 1.60 bits per heavy atom. The molecule has 0 aliphatic heterocycles. The zero-order chi connectivity index (χ0) is 7.56. The molecule has 0 saturated heterocycles. The number of aromatic carboxylic acids is 1. The van der Waals surface area contributed by atoms with Gasteiger partial charge in [-0.3, -0.25) is 0 Å². The molecule has 0 spiro atoms. The van der Waals surface area contributed by atoms with Gasteiger partial charge in [-0.1, -0.05) is 0 Å². The zero-order valence-electron chi connectivity index (χ0n) is 5.07. The molecule has 0 aliphatic rings. The quantitative estimate of drug-likeness (QED) is 0.598. The van der Waals surface area contributed by atoms with E-state index in [2.05, 4.69) is 4.42 Å². The molecule has 1 aromatic rings. The number of carbonyl (C=O) groups is 1. The number of rotatable bonds is 2. The van der Waals surface area contributed by atoms with Crippen molar-refractivity contribution in [2.75, 3.05) is 0 Å². The van der Waals surface area contributed by atoms with Crippen molar-refractivity contribution < 1.29 is 19.4 Å². The van der Waals surface area contributed by atoms with Crippen molar-refractivity contribution in [1.82, 2.24) is 0 Å². The Bertz CT molecular complexity index is 238. The van der Waals surface area contributed by atoms with Crippen LogP contribution >= 0.6 is 0 Å². The molecule has 10 heavy (non-hydrogen) atoms. The molecule has 0 radical (unpaired) electrons.